The number of benzene rings is 2. The van der Waals surface area contributed by atoms with Crippen LogP contribution in [0.1, 0.15) is 52.4 Å². The molecule has 0 saturated heterocycles. The summed E-state index contributed by atoms with van der Waals surface area (Å²) in [6.45, 7) is 7.97. The molecule has 1 heterocycles. The number of aromatic carboxylic acids is 1. The third-order valence-electron chi connectivity index (χ3n) is 5.73. The Balaban J connectivity index is 1.82. The van der Waals surface area contributed by atoms with Gasteiger partial charge in [0.05, 0.1) is 24.8 Å². The maximum Gasteiger partial charge on any atom is 0.337 e. The van der Waals surface area contributed by atoms with Crippen LogP contribution in [0.4, 0.5) is 5.69 Å². The van der Waals surface area contributed by atoms with Crippen LogP contribution in [0.3, 0.4) is 0 Å². The Hall–Kier alpha value is -3.02. The highest BCUT2D eigenvalue weighted by Gasteiger charge is 2.36. The van der Waals surface area contributed by atoms with E-state index >= 15 is 0 Å². The van der Waals surface area contributed by atoms with Gasteiger partial charge < -0.3 is 19.9 Å². The van der Waals surface area contributed by atoms with Crippen molar-refractivity contribution in [1.82, 2.24) is 0 Å². The second-order valence-electron chi connectivity index (χ2n) is 7.84. The van der Waals surface area contributed by atoms with Gasteiger partial charge >= 0.3 is 5.97 Å². The van der Waals surface area contributed by atoms with Crippen LogP contribution in [0.2, 0.25) is 0 Å². The molecular formula is C23H27NO5. The third-order valence-corrected chi connectivity index (χ3v) is 5.73. The molecule has 0 fully saturated rings. The van der Waals surface area contributed by atoms with Crippen molar-refractivity contribution in [2.45, 2.75) is 52.6 Å². The molecule has 0 bridgehead atoms. The second-order valence-corrected chi connectivity index (χ2v) is 7.84. The Kier molecular flexibility index (Phi) is 5.55. The summed E-state index contributed by atoms with van der Waals surface area (Å²) in [5.41, 5.74) is 3.94. The van der Waals surface area contributed by atoms with Gasteiger partial charge in [0, 0.05) is 5.56 Å². The Morgan fingerprint density at radius 1 is 1.17 bits per heavy atom. The van der Waals surface area contributed by atoms with Crippen molar-refractivity contribution in [3.63, 3.8) is 0 Å². The second kappa shape index (κ2) is 7.78. The summed E-state index contributed by atoms with van der Waals surface area (Å²) in [6.07, 6.45) is 1.60. The maximum atomic E-state index is 12.7. The molecule has 2 N–H and O–H groups in total. The van der Waals surface area contributed by atoms with Gasteiger partial charge in [-0.3, -0.25) is 4.79 Å². The van der Waals surface area contributed by atoms with E-state index in [1.807, 2.05) is 27.7 Å². The lowest BCUT2D eigenvalue weighted by Crippen LogP contribution is -2.40. The van der Waals surface area contributed by atoms with E-state index in [1.54, 1.807) is 25.3 Å². The molecular weight excluding hydrogens is 370 g/mol. The van der Waals surface area contributed by atoms with E-state index < -0.39 is 11.6 Å². The summed E-state index contributed by atoms with van der Waals surface area (Å²) in [7, 11) is 1.67. The standard InChI is InChI=1S/C23H27NO5/c1-13-14(2)21-16(15(3)20(13)28-5)10-11-23(4,29-21)12-19(25)24-18-9-7-6-8-17(18)22(26)27/h6-9H,10-12H2,1-5H3,(H,24,25)(H,26,27). The number of para-hydroxylation sites is 1. The molecule has 1 atom stereocenters. The maximum absolute atomic E-state index is 12.7. The van der Waals surface area contributed by atoms with Crippen LogP contribution in [0.25, 0.3) is 0 Å². The van der Waals surface area contributed by atoms with E-state index in [-0.39, 0.29) is 23.6 Å². The number of carbonyl (C=O) groups is 2. The largest absolute Gasteiger partial charge is 0.496 e. The molecule has 1 aliphatic heterocycles. The molecule has 1 unspecified atom stereocenters. The number of hydrogen-bond donors (Lipinski definition) is 2. The number of carboxylic acids is 1. The monoisotopic (exact) mass is 397 g/mol. The molecule has 154 valence electrons. The lowest BCUT2D eigenvalue weighted by molar-refractivity contribution is -0.120. The first kappa shape index (κ1) is 20.7. The quantitative estimate of drug-likeness (QED) is 0.780. The Bertz CT molecular complexity index is 982. The minimum absolute atomic E-state index is 0.0649. The third kappa shape index (κ3) is 3.92. The Morgan fingerprint density at radius 3 is 2.52 bits per heavy atom. The summed E-state index contributed by atoms with van der Waals surface area (Å²) >= 11 is 0. The Labute approximate surface area is 170 Å². The fourth-order valence-corrected chi connectivity index (χ4v) is 4.02. The molecule has 0 spiro atoms. The predicted molar refractivity (Wildman–Crippen MR) is 111 cm³/mol. The minimum Gasteiger partial charge on any atom is -0.496 e. The van der Waals surface area contributed by atoms with Crippen molar-refractivity contribution in [2.24, 2.45) is 0 Å². The predicted octanol–water partition coefficient (Wildman–Crippen LogP) is 4.43. The number of rotatable bonds is 5. The van der Waals surface area contributed by atoms with Gasteiger partial charge in [0.25, 0.3) is 0 Å². The number of fused-ring (bicyclic) bond motifs is 1. The van der Waals surface area contributed by atoms with Crippen LogP contribution in [0, 0.1) is 20.8 Å². The number of methoxy groups -OCH3 is 1. The number of carboxylic acid groups (broad SMARTS) is 1. The van der Waals surface area contributed by atoms with Crippen molar-refractivity contribution in [3.8, 4) is 11.5 Å². The van der Waals surface area contributed by atoms with Gasteiger partial charge in [-0.25, -0.2) is 4.79 Å². The first-order chi connectivity index (χ1) is 13.7. The van der Waals surface area contributed by atoms with Crippen molar-refractivity contribution in [3.05, 3.63) is 52.1 Å². The SMILES string of the molecule is COc1c(C)c(C)c2c(c1C)CCC(C)(CC(=O)Nc1ccccc1C(=O)O)O2. The van der Waals surface area contributed by atoms with E-state index in [0.717, 1.165) is 40.2 Å². The van der Waals surface area contributed by atoms with Crippen molar-refractivity contribution in [1.29, 1.82) is 0 Å². The first-order valence-electron chi connectivity index (χ1n) is 9.64. The lowest BCUT2D eigenvalue weighted by atomic mass is 9.85. The van der Waals surface area contributed by atoms with Crippen molar-refractivity contribution >= 4 is 17.6 Å². The zero-order valence-electron chi connectivity index (χ0n) is 17.5. The van der Waals surface area contributed by atoms with Gasteiger partial charge in [0.2, 0.25) is 5.91 Å². The average Bonchev–Trinajstić information content (AvgIpc) is 2.66. The molecule has 0 saturated carbocycles. The van der Waals surface area contributed by atoms with Gasteiger partial charge in [-0.05, 0) is 69.4 Å². The average molecular weight is 397 g/mol. The summed E-state index contributed by atoms with van der Waals surface area (Å²) in [4.78, 5) is 24.0. The smallest absolute Gasteiger partial charge is 0.337 e. The highest BCUT2D eigenvalue weighted by Crippen LogP contribution is 2.44. The number of anilines is 1. The van der Waals surface area contributed by atoms with Crippen LogP contribution >= 0.6 is 0 Å². The zero-order valence-corrected chi connectivity index (χ0v) is 17.5. The van der Waals surface area contributed by atoms with E-state index in [0.29, 0.717) is 6.42 Å². The molecule has 1 aliphatic rings. The summed E-state index contributed by atoms with van der Waals surface area (Å²) in [6, 6.07) is 6.38. The zero-order chi connectivity index (χ0) is 21.3. The fraction of sp³-hybridized carbons (Fsp3) is 0.391. The molecule has 2 aromatic carbocycles. The number of carbonyl (C=O) groups excluding carboxylic acids is 1. The number of ether oxygens (including phenoxy) is 2. The van der Waals surface area contributed by atoms with Crippen LogP contribution in [-0.4, -0.2) is 29.7 Å². The highest BCUT2D eigenvalue weighted by atomic mass is 16.5. The number of hydrogen-bond acceptors (Lipinski definition) is 4. The summed E-state index contributed by atoms with van der Waals surface area (Å²) in [5, 5.41) is 12.0. The van der Waals surface area contributed by atoms with Gasteiger partial charge in [0.15, 0.2) is 0 Å². The van der Waals surface area contributed by atoms with Crippen LogP contribution < -0.4 is 14.8 Å². The van der Waals surface area contributed by atoms with Crippen LogP contribution in [0.15, 0.2) is 24.3 Å². The topological polar surface area (TPSA) is 84.9 Å². The molecule has 29 heavy (non-hydrogen) atoms. The summed E-state index contributed by atoms with van der Waals surface area (Å²) in [5.74, 6) is 0.361. The molecule has 0 aromatic heterocycles. The van der Waals surface area contributed by atoms with Crippen LogP contribution in [-0.2, 0) is 11.2 Å². The molecule has 6 heteroatoms. The van der Waals surface area contributed by atoms with Gasteiger partial charge in [-0.15, -0.1) is 0 Å². The molecule has 0 aliphatic carbocycles. The van der Waals surface area contributed by atoms with E-state index in [1.165, 1.54) is 6.07 Å². The van der Waals surface area contributed by atoms with Crippen molar-refractivity contribution in [2.75, 3.05) is 12.4 Å². The van der Waals surface area contributed by atoms with Crippen LogP contribution in [0.5, 0.6) is 11.5 Å². The molecule has 0 radical (unpaired) electrons. The van der Waals surface area contributed by atoms with E-state index in [4.69, 9.17) is 9.47 Å². The lowest BCUT2D eigenvalue weighted by Gasteiger charge is -2.37. The molecule has 2 aromatic rings. The molecule has 3 rings (SSSR count). The highest BCUT2D eigenvalue weighted by molar-refractivity contribution is 6.00. The first-order valence-corrected chi connectivity index (χ1v) is 9.64. The van der Waals surface area contributed by atoms with Crippen molar-refractivity contribution < 1.29 is 24.2 Å². The molecule has 6 nitrogen and oxygen atoms in total. The van der Waals surface area contributed by atoms with E-state index in [2.05, 4.69) is 5.32 Å². The summed E-state index contributed by atoms with van der Waals surface area (Å²) < 4.78 is 11.9. The van der Waals surface area contributed by atoms with Gasteiger partial charge in [-0.2, -0.15) is 0 Å². The number of amides is 1. The van der Waals surface area contributed by atoms with Gasteiger partial charge in [-0.1, -0.05) is 12.1 Å². The number of nitrogens with one attached hydrogen (secondary N) is 1. The van der Waals surface area contributed by atoms with Gasteiger partial charge in [0.1, 0.15) is 17.1 Å². The normalized spacial score (nSPS) is 17.8. The fourth-order valence-electron chi connectivity index (χ4n) is 4.02. The van der Waals surface area contributed by atoms with E-state index in [9.17, 15) is 14.7 Å². The molecule has 1 amide bonds. The Morgan fingerprint density at radius 2 is 1.86 bits per heavy atom. The minimum atomic E-state index is -1.08.